The lowest BCUT2D eigenvalue weighted by Gasteiger charge is -2.39. The first-order chi connectivity index (χ1) is 19.8. The summed E-state index contributed by atoms with van der Waals surface area (Å²) in [7, 11) is 0. The molecule has 1 aliphatic heterocycles. The molecule has 1 saturated carbocycles. The standard InChI is InChI=1S/C31H38F4N2O5/c1-30(2,3)42-29(39)37(18-21-7-11-24(32)12-8-21)25-13-9-22(10-14-25)28(38)36-15-16-40-27(19-36)20-41-26-6-4-5-23(17-26)31(33,34)35/h4-8,11-12,17,22,25,27H,9-10,13-16,18-20H2,1-3H3/t22?,25?,27-/m1/s1. The van der Waals surface area contributed by atoms with Crippen molar-refractivity contribution in [2.75, 3.05) is 26.3 Å². The van der Waals surface area contributed by atoms with Gasteiger partial charge in [-0.05, 0) is 82.3 Å². The summed E-state index contributed by atoms with van der Waals surface area (Å²) < 4.78 is 69.4. The molecule has 0 bridgehead atoms. The van der Waals surface area contributed by atoms with E-state index in [0.29, 0.717) is 38.8 Å². The summed E-state index contributed by atoms with van der Waals surface area (Å²) in [6.07, 6.45) is -2.96. The third-order valence-corrected chi connectivity index (χ3v) is 7.43. The summed E-state index contributed by atoms with van der Waals surface area (Å²) in [5, 5.41) is 0. The highest BCUT2D eigenvalue weighted by Crippen LogP contribution is 2.33. The molecule has 0 unspecified atom stereocenters. The van der Waals surface area contributed by atoms with Gasteiger partial charge in [0.05, 0.1) is 18.7 Å². The van der Waals surface area contributed by atoms with Gasteiger partial charge < -0.3 is 24.0 Å². The maximum atomic E-state index is 13.4. The van der Waals surface area contributed by atoms with Crippen LogP contribution in [0.2, 0.25) is 0 Å². The molecule has 1 atom stereocenters. The molecule has 4 rings (SSSR count). The largest absolute Gasteiger partial charge is 0.491 e. The van der Waals surface area contributed by atoms with Gasteiger partial charge in [0.2, 0.25) is 5.91 Å². The number of hydrogen-bond donors (Lipinski definition) is 0. The lowest BCUT2D eigenvalue weighted by molar-refractivity contribution is -0.145. The normalized spacial score (nSPS) is 21.5. The van der Waals surface area contributed by atoms with Crippen molar-refractivity contribution in [3.8, 4) is 5.75 Å². The molecule has 2 aromatic rings. The van der Waals surface area contributed by atoms with E-state index in [0.717, 1.165) is 17.7 Å². The van der Waals surface area contributed by atoms with Crippen LogP contribution in [-0.2, 0) is 27.0 Å². The lowest BCUT2D eigenvalue weighted by atomic mass is 9.84. The van der Waals surface area contributed by atoms with Gasteiger partial charge in [0.25, 0.3) is 0 Å². The first-order valence-corrected chi connectivity index (χ1v) is 14.2. The van der Waals surface area contributed by atoms with Crippen molar-refractivity contribution in [3.63, 3.8) is 0 Å². The highest BCUT2D eigenvalue weighted by atomic mass is 19.4. The Balaban J connectivity index is 1.32. The Hall–Kier alpha value is -3.34. The van der Waals surface area contributed by atoms with E-state index >= 15 is 0 Å². The highest BCUT2D eigenvalue weighted by molar-refractivity contribution is 5.79. The quantitative estimate of drug-likeness (QED) is 0.345. The summed E-state index contributed by atoms with van der Waals surface area (Å²) in [4.78, 5) is 30.0. The number of rotatable bonds is 7. The zero-order valence-corrected chi connectivity index (χ0v) is 24.2. The maximum Gasteiger partial charge on any atom is 0.416 e. The van der Waals surface area contributed by atoms with E-state index in [-0.39, 0.29) is 49.1 Å². The van der Waals surface area contributed by atoms with E-state index in [1.54, 1.807) is 42.7 Å². The summed E-state index contributed by atoms with van der Waals surface area (Å²) in [5.74, 6) is -0.474. The van der Waals surface area contributed by atoms with E-state index in [1.807, 2.05) is 0 Å². The fourth-order valence-electron chi connectivity index (χ4n) is 5.31. The Morgan fingerprint density at radius 2 is 1.71 bits per heavy atom. The number of carbonyl (C=O) groups is 2. The molecule has 1 heterocycles. The summed E-state index contributed by atoms with van der Waals surface area (Å²) >= 11 is 0. The third kappa shape index (κ3) is 8.83. The van der Waals surface area contributed by atoms with Gasteiger partial charge in [-0.2, -0.15) is 13.2 Å². The zero-order valence-electron chi connectivity index (χ0n) is 24.2. The molecule has 2 aromatic carbocycles. The fraction of sp³-hybridized carbons (Fsp3) is 0.548. The van der Waals surface area contributed by atoms with Crippen LogP contribution in [0.25, 0.3) is 0 Å². The summed E-state index contributed by atoms with van der Waals surface area (Å²) in [6, 6.07) is 10.5. The minimum atomic E-state index is -4.46. The Morgan fingerprint density at radius 1 is 1.02 bits per heavy atom. The molecular weight excluding hydrogens is 556 g/mol. The van der Waals surface area contributed by atoms with Gasteiger partial charge in [-0.1, -0.05) is 18.2 Å². The highest BCUT2D eigenvalue weighted by Gasteiger charge is 2.36. The fourth-order valence-corrected chi connectivity index (χ4v) is 5.31. The third-order valence-electron chi connectivity index (χ3n) is 7.43. The van der Waals surface area contributed by atoms with Crippen molar-refractivity contribution in [1.29, 1.82) is 0 Å². The molecule has 0 spiro atoms. The SMILES string of the molecule is CC(C)(C)OC(=O)N(Cc1ccc(F)cc1)C1CCC(C(=O)N2CCO[C@@H](COc3cccc(C(F)(F)F)c3)C2)CC1. The van der Waals surface area contributed by atoms with Crippen LogP contribution in [0.4, 0.5) is 22.4 Å². The minimum absolute atomic E-state index is 0.00294. The van der Waals surface area contributed by atoms with Crippen LogP contribution in [0.3, 0.4) is 0 Å². The Bertz CT molecular complexity index is 1210. The molecule has 1 saturated heterocycles. The van der Waals surface area contributed by atoms with Crippen molar-refractivity contribution in [2.45, 2.75) is 76.9 Å². The predicted molar refractivity (Wildman–Crippen MR) is 147 cm³/mol. The van der Waals surface area contributed by atoms with E-state index in [1.165, 1.54) is 24.3 Å². The molecule has 42 heavy (non-hydrogen) atoms. The number of benzene rings is 2. The van der Waals surface area contributed by atoms with Gasteiger partial charge in [0.1, 0.15) is 29.9 Å². The molecule has 0 aromatic heterocycles. The zero-order chi connectivity index (χ0) is 30.5. The van der Waals surface area contributed by atoms with E-state index in [2.05, 4.69) is 0 Å². The molecule has 11 heteroatoms. The molecule has 7 nitrogen and oxygen atoms in total. The molecule has 2 fully saturated rings. The van der Waals surface area contributed by atoms with Crippen LogP contribution in [-0.4, -0.2) is 65.9 Å². The minimum Gasteiger partial charge on any atom is -0.491 e. The molecule has 230 valence electrons. The van der Waals surface area contributed by atoms with Crippen molar-refractivity contribution in [3.05, 3.63) is 65.5 Å². The van der Waals surface area contributed by atoms with Crippen molar-refractivity contribution in [1.82, 2.24) is 9.80 Å². The van der Waals surface area contributed by atoms with Crippen LogP contribution < -0.4 is 4.74 Å². The van der Waals surface area contributed by atoms with Crippen LogP contribution in [0, 0.1) is 11.7 Å². The smallest absolute Gasteiger partial charge is 0.416 e. The first-order valence-electron chi connectivity index (χ1n) is 14.2. The topological polar surface area (TPSA) is 68.3 Å². The average molecular weight is 595 g/mol. The number of alkyl halides is 3. The number of amides is 2. The Kier molecular flexibility index (Phi) is 10.0. The monoisotopic (exact) mass is 594 g/mol. The predicted octanol–water partition coefficient (Wildman–Crippen LogP) is 6.45. The van der Waals surface area contributed by atoms with E-state index in [9.17, 15) is 27.2 Å². The number of nitrogens with zero attached hydrogens (tertiary/aromatic N) is 2. The second kappa shape index (κ2) is 13.3. The molecule has 0 N–H and O–H groups in total. The number of carbonyl (C=O) groups excluding carboxylic acids is 2. The molecule has 2 amide bonds. The average Bonchev–Trinajstić information content (AvgIpc) is 2.94. The van der Waals surface area contributed by atoms with Gasteiger partial charge in [-0.15, -0.1) is 0 Å². The van der Waals surface area contributed by atoms with Crippen LogP contribution in [0.1, 0.15) is 57.6 Å². The van der Waals surface area contributed by atoms with Crippen LogP contribution in [0.15, 0.2) is 48.5 Å². The summed E-state index contributed by atoms with van der Waals surface area (Å²) in [6.45, 7) is 6.72. The van der Waals surface area contributed by atoms with E-state index < -0.39 is 29.5 Å². The molecular formula is C31H38F4N2O5. The van der Waals surface area contributed by atoms with Gasteiger partial charge in [-0.3, -0.25) is 4.79 Å². The Morgan fingerprint density at radius 3 is 2.36 bits per heavy atom. The summed E-state index contributed by atoms with van der Waals surface area (Å²) in [5.41, 5.74) is -0.685. The lowest BCUT2D eigenvalue weighted by Crippen LogP contribution is -2.51. The van der Waals surface area contributed by atoms with Gasteiger partial charge in [0.15, 0.2) is 0 Å². The Labute approximate surface area is 243 Å². The molecule has 0 radical (unpaired) electrons. The second-order valence-corrected chi connectivity index (χ2v) is 11.9. The van der Waals surface area contributed by atoms with Crippen molar-refractivity contribution in [2.24, 2.45) is 5.92 Å². The number of ether oxygens (including phenoxy) is 3. The first kappa shape index (κ1) is 31.6. The van der Waals surface area contributed by atoms with Gasteiger partial charge in [0, 0.05) is 25.0 Å². The van der Waals surface area contributed by atoms with Gasteiger partial charge >= 0.3 is 12.3 Å². The van der Waals surface area contributed by atoms with Crippen molar-refractivity contribution >= 4 is 12.0 Å². The molecule has 1 aliphatic carbocycles. The van der Waals surface area contributed by atoms with Gasteiger partial charge in [-0.25, -0.2) is 9.18 Å². The maximum absolute atomic E-state index is 13.4. The van der Waals surface area contributed by atoms with E-state index in [4.69, 9.17) is 14.2 Å². The number of halogens is 4. The molecule has 2 aliphatic rings. The number of hydrogen-bond acceptors (Lipinski definition) is 5. The number of morpholine rings is 1. The van der Waals surface area contributed by atoms with Crippen LogP contribution >= 0.6 is 0 Å². The van der Waals surface area contributed by atoms with Crippen LogP contribution in [0.5, 0.6) is 5.75 Å². The second-order valence-electron chi connectivity index (χ2n) is 11.9. The van der Waals surface area contributed by atoms with Crippen molar-refractivity contribution < 1.29 is 41.4 Å².